The lowest BCUT2D eigenvalue weighted by molar-refractivity contribution is -0.137. The number of fused-ring (bicyclic) bond motifs is 1. The van der Waals surface area contributed by atoms with E-state index in [4.69, 9.17) is 15.6 Å². The van der Waals surface area contributed by atoms with Gasteiger partial charge in [-0.1, -0.05) is 0 Å². The number of aliphatic carboxylic acids is 1. The van der Waals surface area contributed by atoms with Crippen LogP contribution in [0.4, 0.5) is 0 Å². The number of nitrogens with two attached hydrogens (primary N) is 1. The third-order valence-electron chi connectivity index (χ3n) is 2.75. The SMILES string of the molecule is NCC(CC(=O)O)c1cnc2c(c1)COC2. The van der Waals surface area contributed by atoms with Crippen LogP contribution in [0.1, 0.15) is 29.2 Å². The van der Waals surface area contributed by atoms with Gasteiger partial charge in [0.2, 0.25) is 0 Å². The van der Waals surface area contributed by atoms with Crippen LogP contribution in [0.25, 0.3) is 0 Å². The number of carboxylic acid groups (broad SMARTS) is 1. The molecule has 16 heavy (non-hydrogen) atoms. The molecule has 1 aliphatic rings. The van der Waals surface area contributed by atoms with Crippen molar-refractivity contribution in [3.8, 4) is 0 Å². The van der Waals surface area contributed by atoms with E-state index in [0.29, 0.717) is 19.8 Å². The van der Waals surface area contributed by atoms with Gasteiger partial charge in [-0.3, -0.25) is 9.78 Å². The molecule has 0 amide bonds. The van der Waals surface area contributed by atoms with E-state index >= 15 is 0 Å². The first-order chi connectivity index (χ1) is 7.70. The van der Waals surface area contributed by atoms with Crippen LogP contribution in [0.15, 0.2) is 12.3 Å². The molecule has 0 fully saturated rings. The topological polar surface area (TPSA) is 85.4 Å². The van der Waals surface area contributed by atoms with Crippen molar-refractivity contribution in [2.45, 2.75) is 25.6 Å². The second kappa shape index (κ2) is 4.59. The molecule has 1 aliphatic heterocycles. The normalized spacial score (nSPS) is 15.8. The van der Waals surface area contributed by atoms with Crippen molar-refractivity contribution in [3.05, 3.63) is 29.1 Å². The second-order valence-electron chi connectivity index (χ2n) is 3.90. The lowest BCUT2D eigenvalue weighted by atomic mass is 9.96. The third-order valence-corrected chi connectivity index (χ3v) is 2.75. The van der Waals surface area contributed by atoms with E-state index in [9.17, 15) is 4.79 Å². The Bertz CT molecular complexity index is 406. The lowest BCUT2D eigenvalue weighted by Gasteiger charge is -2.13. The highest BCUT2D eigenvalue weighted by molar-refractivity contribution is 5.68. The van der Waals surface area contributed by atoms with Crippen molar-refractivity contribution < 1.29 is 14.6 Å². The molecule has 1 aromatic rings. The van der Waals surface area contributed by atoms with Gasteiger partial charge in [-0.2, -0.15) is 0 Å². The van der Waals surface area contributed by atoms with Crippen LogP contribution in [0.2, 0.25) is 0 Å². The zero-order valence-corrected chi connectivity index (χ0v) is 8.85. The molecule has 1 atom stereocenters. The molecule has 0 radical (unpaired) electrons. The summed E-state index contributed by atoms with van der Waals surface area (Å²) >= 11 is 0. The van der Waals surface area contributed by atoms with E-state index in [1.54, 1.807) is 6.20 Å². The number of pyridine rings is 1. The molecular weight excluding hydrogens is 208 g/mol. The molecule has 2 heterocycles. The number of hydrogen-bond acceptors (Lipinski definition) is 4. The molecule has 86 valence electrons. The van der Waals surface area contributed by atoms with Crippen molar-refractivity contribution in [1.29, 1.82) is 0 Å². The maximum absolute atomic E-state index is 10.7. The van der Waals surface area contributed by atoms with Crippen LogP contribution < -0.4 is 5.73 Å². The van der Waals surface area contributed by atoms with Gasteiger partial charge < -0.3 is 15.6 Å². The van der Waals surface area contributed by atoms with Crippen molar-refractivity contribution in [2.24, 2.45) is 5.73 Å². The molecule has 1 unspecified atom stereocenters. The van der Waals surface area contributed by atoms with Gasteiger partial charge in [-0.05, 0) is 18.2 Å². The number of rotatable bonds is 4. The van der Waals surface area contributed by atoms with Gasteiger partial charge in [0, 0.05) is 17.7 Å². The molecular formula is C11H14N2O3. The van der Waals surface area contributed by atoms with Gasteiger partial charge in [0.15, 0.2) is 0 Å². The smallest absolute Gasteiger partial charge is 0.304 e. The van der Waals surface area contributed by atoms with Gasteiger partial charge in [0.05, 0.1) is 25.3 Å². The molecule has 3 N–H and O–H groups in total. The van der Waals surface area contributed by atoms with Crippen LogP contribution in [0, 0.1) is 0 Å². The Morgan fingerprint density at radius 2 is 2.44 bits per heavy atom. The molecule has 5 nitrogen and oxygen atoms in total. The minimum atomic E-state index is -0.841. The highest BCUT2D eigenvalue weighted by Gasteiger charge is 2.18. The zero-order valence-electron chi connectivity index (χ0n) is 8.85. The molecule has 5 heteroatoms. The zero-order chi connectivity index (χ0) is 11.5. The van der Waals surface area contributed by atoms with E-state index in [2.05, 4.69) is 4.98 Å². The molecule has 0 spiro atoms. The first-order valence-electron chi connectivity index (χ1n) is 5.18. The van der Waals surface area contributed by atoms with Gasteiger partial charge in [-0.15, -0.1) is 0 Å². The van der Waals surface area contributed by atoms with Gasteiger partial charge >= 0.3 is 5.97 Å². The first-order valence-corrected chi connectivity index (χ1v) is 5.18. The minimum absolute atomic E-state index is 0.0395. The number of carbonyl (C=O) groups is 1. The van der Waals surface area contributed by atoms with Crippen LogP contribution >= 0.6 is 0 Å². The van der Waals surface area contributed by atoms with Crippen LogP contribution in [0.3, 0.4) is 0 Å². The highest BCUT2D eigenvalue weighted by atomic mass is 16.5. The first kappa shape index (κ1) is 11.0. The Labute approximate surface area is 93.2 Å². The second-order valence-corrected chi connectivity index (χ2v) is 3.90. The summed E-state index contributed by atoms with van der Waals surface area (Å²) in [5.41, 5.74) is 8.44. The quantitative estimate of drug-likeness (QED) is 0.780. The van der Waals surface area contributed by atoms with E-state index in [1.807, 2.05) is 6.07 Å². The molecule has 1 aromatic heterocycles. The van der Waals surface area contributed by atoms with Crippen LogP contribution in [-0.4, -0.2) is 22.6 Å². The summed E-state index contributed by atoms with van der Waals surface area (Å²) < 4.78 is 5.25. The Morgan fingerprint density at radius 1 is 1.62 bits per heavy atom. The maximum atomic E-state index is 10.7. The monoisotopic (exact) mass is 222 g/mol. The van der Waals surface area contributed by atoms with Crippen LogP contribution in [-0.2, 0) is 22.7 Å². The summed E-state index contributed by atoms with van der Waals surface area (Å²) in [6, 6.07) is 1.95. The Hall–Kier alpha value is -1.46. The lowest BCUT2D eigenvalue weighted by Crippen LogP contribution is -2.16. The highest BCUT2D eigenvalue weighted by Crippen LogP contribution is 2.24. The molecule has 2 rings (SSSR count). The molecule has 0 saturated carbocycles. The minimum Gasteiger partial charge on any atom is -0.481 e. The average molecular weight is 222 g/mol. The number of hydrogen-bond donors (Lipinski definition) is 2. The predicted molar refractivity (Wildman–Crippen MR) is 56.8 cm³/mol. The summed E-state index contributed by atoms with van der Waals surface area (Å²) in [4.78, 5) is 14.9. The fraction of sp³-hybridized carbons (Fsp3) is 0.455. The average Bonchev–Trinajstić information content (AvgIpc) is 2.72. The molecule has 0 aromatic carbocycles. The molecule has 0 bridgehead atoms. The number of aromatic nitrogens is 1. The Balaban J connectivity index is 2.21. The predicted octanol–water partition coefficient (Wildman–Crippen LogP) is 0.629. The van der Waals surface area contributed by atoms with E-state index in [-0.39, 0.29) is 12.3 Å². The van der Waals surface area contributed by atoms with E-state index in [1.165, 1.54) is 0 Å². The van der Waals surface area contributed by atoms with E-state index in [0.717, 1.165) is 16.8 Å². The maximum Gasteiger partial charge on any atom is 0.304 e. The summed E-state index contributed by atoms with van der Waals surface area (Å²) in [6.07, 6.45) is 1.74. The number of ether oxygens (including phenoxy) is 1. The van der Waals surface area contributed by atoms with Crippen molar-refractivity contribution >= 4 is 5.97 Å². The van der Waals surface area contributed by atoms with Crippen molar-refractivity contribution in [2.75, 3.05) is 6.54 Å². The summed E-state index contributed by atoms with van der Waals surface area (Å²) in [5.74, 6) is -1.01. The van der Waals surface area contributed by atoms with Gasteiger partial charge in [0.25, 0.3) is 0 Å². The standard InChI is InChI=1S/C11H14N2O3/c12-3-7(2-11(14)15)8-1-9-5-16-6-10(9)13-4-8/h1,4,7H,2-3,5-6,12H2,(H,14,15). The number of nitrogens with zero attached hydrogens (tertiary/aromatic N) is 1. The van der Waals surface area contributed by atoms with Crippen molar-refractivity contribution in [3.63, 3.8) is 0 Å². The van der Waals surface area contributed by atoms with Gasteiger partial charge in [0.1, 0.15) is 0 Å². The largest absolute Gasteiger partial charge is 0.481 e. The van der Waals surface area contributed by atoms with Gasteiger partial charge in [-0.25, -0.2) is 0 Å². The van der Waals surface area contributed by atoms with Crippen molar-refractivity contribution in [1.82, 2.24) is 4.98 Å². The fourth-order valence-electron chi connectivity index (χ4n) is 1.84. The Morgan fingerprint density at radius 3 is 3.12 bits per heavy atom. The molecule has 0 aliphatic carbocycles. The fourth-order valence-corrected chi connectivity index (χ4v) is 1.84. The summed E-state index contributed by atoms with van der Waals surface area (Å²) in [5, 5.41) is 8.77. The van der Waals surface area contributed by atoms with Crippen LogP contribution in [0.5, 0.6) is 0 Å². The Kier molecular flexibility index (Phi) is 3.17. The van der Waals surface area contributed by atoms with E-state index < -0.39 is 5.97 Å². The summed E-state index contributed by atoms with van der Waals surface area (Å²) in [6.45, 7) is 1.41. The third kappa shape index (κ3) is 2.20. The molecule has 0 saturated heterocycles. The number of carboxylic acids is 1. The summed E-state index contributed by atoms with van der Waals surface area (Å²) in [7, 11) is 0.